The van der Waals surface area contributed by atoms with Gasteiger partial charge < -0.3 is 76.6 Å². The van der Waals surface area contributed by atoms with E-state index in [0.29, 0.717) is 46.4 Å². The molecule has 1 fully saturated rings. The third-order valence-electron chi connectivity index (χ3n) is 15.4. The third-order valence-corrected chi connectivity index (χ3v) is 15.4. The van der Waals surface area contributed by atoms with Crippen LogP contribution in [-0.4, -0.2) is 154 Å². The number of aliphatic carboxylic acids is 1. The number of carbonyl (C=O) groups is 10. The summed E-state index contributed by atoms with van der Waals surface area (Å²) in [6, 6.07) is 31.4. The summed E-state index contributed by atoms with van der Waals surface area (Å²) < 4.78 is 29.4. The molecular formula is C73H92N10O16. The van der Waals surface area contributed by atoms with Gasteiger partial charge in [0, 0.05) is 50.5 Å². The monoisotopic (exact) mass is 1360 g/mol. The maximum absolute atomic E-state index is 15.4. The van der Waals surface area contributed by atoms with Gasteiger partial charge in [-0.15, -0.1) is 0 Å². The smallest absolute Gasteiger partial charge is 0.419 e. The first-order valence-electron chi connectivity index (χ1n) is 32.9. The van der Waals surface area contributed by atoms with Gasteiger partial charge in [0.25, 0.3) is 0 Å². The van der Waals surface area contributed by atoms with Gasteiger partial charge in [-0.2, -0.15) is 0 Å². The van der Waals surface area contributed by atoms with Crippen LogP contribution < -0.4 is 47.7 Å². The Labute approximate surface area is 576 Å². The number of rotatable bonds is 29. The first kappa shape index (κ1) is 75.9. The quantitative estimate of drug-likeness (QED) is 0.0161. The van der Waals surface area contributed by atoms with E-state index in [-0.39, 0.29) is 63.7 Å². The summed E-state index contributed by atoms with van der Waals surface area (Å²) in [5.74, 6) is -5.11. The summed E-state index contributed by atoms with van der Waals surface area (Å²) in [4.78, 5) is 141. The highest BCUT2D eigenvalue weighted by Crippen LogP contribution is 2.28. The number of amides is 8. The van der Waals surface area contributed by atoms with Crippen LogP contribution >= 0.6 is 0 Å². The van der Waals surface area contributed by atoms with Crippen LogP contribution in [0, 0.1) is 0 Å². The number of carboxylic acids is 1. The fraction of sp³-hybridized carbons (Fsp3) is 0.425. The molecule has 26 nitrogen and oxygen atoms in total. The van der Waals surface area contributed by atoms with Gasteiger partial charge in [0.1, 0.15) is 65.5 Å². The van der Waals surface area contributed by atoms with E-state index in [0.717, 1.165) is 10.5 Å². The molecule has 0 aliphatic carbocycles. The molecule has 26 heteroatoms. The van der Waals surface area contributed by atoms with Crippen molar-refractivity contribution in [1.82, 2.24) is 46.7 Å². The number of hydrogen-bond acceptors (Lipinski definition) is 16. The Hall–Kier alpha value is -10.5. The zero-order valence-electron chi connectivity index (χ0n) is 57.4. The van der Waals surface area contributed by atoms with Crippen molar-refractivity contribution in [2.75, 3.05) is 26.2 Å². The molecule has 1 aliphatic heterocycles. The largest absolute Gasteiger partial charge is 0.489 e. The second-order valence-corrected chi connectivity index (χ2v) is 27.1. The molecule has 0 saturated carbocycles. The van der Waals surface area contributed by atoms with Crippen molar-refractivity contribution < 1.29 is 76.7 Å². The van der Waals surface area contributed by atoms with E-state index in [1.807, 2.05) is 30.3 Å². The van der Waals surface area contributed by atoms with Crippen molar-refractivity contribution in [1.29, 1.82) is 0 Å². The summed E-state index contributed by atoms with van der Waals surface area (Å²) >= 11 is 0. The molecule has 1 aliphatic rings. The number of carboxylic acid groups (broad SMARTS) is 1. The Bertz CT molecular complexity index is 3740. The molecule has 5 aromatic carbocycles. The molecule has 1 aromatic heterocycles. The molecule has 6 aromatic rings. The van der Waals surface area contributed by atoms with Crippen molar-refractivity contribution in [3.63, 3.8) is 0 Å². The number of unbranched alkanes of at least 4 members (excludes halogenated alkanes) is 1. The lowest BCUT2D eigenvalue weighted by Gasteiger charge is -2.30. The number of hydrogen-bond donors (Lipinski definition) is 9. The topological polar surface area (TPSA) is 355 Å². The van der Waals surface area contributed by atoms with Crippen LogP contribution in [0.4, 0.5) is 19.2 Å². The van der Waals surface area contributed by atoms with Crippen LogP contribution in [0.2, 0.25) is 0 Å². The SMILES string of the molecule is CC(C)(C)OC(=O)NCCCC[C@H](NC(=O)[C@@H](Cc1cn(C(=O)OC(C)(C)C)c2ccccc12)NC(=O)[C@@H](NC(=O)[C@@H]1C[C@@H](OC(=O)NCCNC(=O)OC(C)(C)C)CN1C(=O)[C@H](Cc1ccccc1)NC(=O)[C@@H](N)Cc1ccc(OCc2ccccc2)cc1)c1ccccc1)C(=O)O. The Kier molecular flexibility index (Phi) is 26.9. The molecule has 10 N–H and O–H groups in total. The second kappa shape index (κ2) is 35.1. The third kappa shape index (κ3) is 24.5. The predicted molar refractivity (Wildman–Crippen MR) is 368 cm³/mol. The molecular weight excluding hydrogens is 1270 g/mol. The van der Waals surface area contributed by atoms with Crippen LogP contribution in [-0.2, 0) is 73.6 Å². The molecule has 99 heavy (non-hydrogen) atoms. The Morgan fingerprint density at radius 3 is 1.69 bits per heavy atom. The van der Waals surface area contributed by atoms with Crippen molar-refractivity contribution >= 4 is 70.8 Å². The second-order valence-electron chi connectivity index (χ2n) is 27.1. The van der Waals surface area contributed by atoms with Crippen molar-refractivity contribution in [3.05, 3.63) is 174 Å². The summed E-state index contributed by atoms with van der Waals surface area (Å²) in [5.41, 5.74) is 7.41. The lowest BCUT2D eigenvalue weighted by molar-refractivity contribution is -0.143. The number of para-hydroxylation sites is 1. The fourth-order valence-corrected chi connectivity index (χ4v) is 10.8. The summed E-state index contributed by atoms with van der Waals surface area (Å²) in [5, 5.41) is 29.7. The average molecular weight is 1370 g/mol. The summed E-state index contributed by atoms with van der Waals surface area (Å²) in [6.07, 6.45) is -3.08. The van der Waals surface area contributed by atoms with Gasteiger partial charge in [-0.3, -0.25) is 28.5 Å². The van der Waals surface area contributed by atoms with Gasteiger partial charge in [0.2, 0.25) is 29.5 Å². The van der Waals surface area contributed by atoms with E-state index in [1.165, 1.54) is 10.8 Å². The molecule has 7 rings (SSSR count). The number of nitrogens with zero attached hydrogens (tertiary/aromatic N) is 2. The molecule has 0 bridgehead atoms. The number of carbonyl (C=O) groups excluding carboxylic acids is 9. The molecule has 8 amide bonds. The zero-order valence-corrected chi connectivity index (χ0v) is 57.4. The van der Waals surface area contributed by atoms with Crippen LogP contribution in [0.5, 0.6) is 5.75 Å². The number of nitrogens with two attached hydrogens (primary N) is 1. The molecule has 2 heterocycles. The highest BCUT2D eigenvalue weighted by molar-refractivity contribution is 5.98. The fourth-order valence-electron chi connectivity index (χ4n) is 10.8. The van der Waals surface area contributed by atoms with Crippen LogP contribution in [0.15, 0.2) is 146 Å². The van der Waals surface area contributed by atoms with Gasteiger partial charge in [0.15, 0.2) is 0 Å². The molecule has 530 valence electrons. The minimum absolute atomic E-state index is 0.0561. The molecule has 7 atom stereocenters. The number of likely N-dealkylation sites (tertiary alicyclic amines) is 1. The molecule has 0 radical (unpaired) electrons. The normalized spacial score (nSPS) is 15.3. The number of fused-ring (bicyclic) bond motifs is 1. The number of aromatic nitrogens is 1. The molecule has 1 saturated heterocycles. The standard InChI is InChI=1S/C73H92N10O16/c1-71(2,3)97-68(92)75-36-22-21-30-55(66(89)90)78-62(85)56(41-50-43-83(70(94)99-73(7,8)9)58-31-20-19-29-53(50)58)79-64(87)60(49-27-17-12-18-28-49)81-63(86)59-42-52(96-67(91)76-37-38-77-69(93)98-72(4,5)6)44-82(59)65(88)57(40-46-23-13-10-14-24-46)80-61(84)54(74)39-47-32-34-51(35-33-47)95-45-48-25-15-11-16-26-48/h10-20,23-29,31-35,43,52,54-57,59-60H,21-22,30,36-42,44-45,74H2,1-9H3,(H,75,92)(H,76,91)(H,77,93)(H,78,85)(H,79,87)(H,80,84)(H,81,86)(H,89,90)/t52-,54+,55+,56-,57+,59+,60+/m1/s1. The lowest BCUT2D eigenvalue weighted by atomic mass is 10.0. The van der Waals surface area contributed by atoms with E-state index >= 15 is 14.4 Å². The zero-order chi connectivity index (χ0) is 72.0. The van der Waals surface area contributed by atoms with E-state index < -0.39 is 126 Å². The molecule has 0 unspecified atom stereocenters. The van der Waals surface area contributed by atoms with E-state index in [2.05, 4.69) is 37.2 Å². The van der Waals surface area contributed by atoms with Gasteiger partial charge in [0.05, 0.1) is 18.1 Å². The first-order valence-corrected chi connectivity index (χ1v) is 32.9. The minimum atomic E-state index is -1.65. The van der Waals surface area contributed by atoms with Crippen LogP contribution in [0.25, 0.3) is 10.9 Å². The summed E-state index contributed by atoms with van der Waals surface area (Å²) in [7, 11) is 0. The van der Waals surface area contributed by atoms with Gasteiger partial charge in [-0.1, -0.05) is 121 Å². The van der Waals surface area contributed by atoms with Crippen molar-refractivity contribution in [2.45, 2.75) is 173 Å². The van der Waals surface area contributed by atoms with Gasteiger partial charge in [-0.05, 0) is 134 Å². The van der Waals surface area contributed by atoms with Crippen LogP contribution in [0.1, 0.15) is 122 Å². The maximum Gasteiger partial charge on any atom is 0.419 e. The molecule has 0 spiro atoms. The minimum Gasteiger partial charge on any atom is -0.489 e. The number of benzene rings is 5. The Morgan fingerprint density at radius 2 is 1.08 bits per heavy atom. The summed E-state index contributed by atoms with van der Waals surface area (Å²) in [6.45, 7) is 15.2. The first-order chi connectivity index (χ1) is 46.9. The number of ether oxygens (including phenoxy) is 5. The number of alkyl carbamates (subject to hydrolysis) is 3. The van der Waals surface area contributed by atoms with E-state index in [9.17, 15) is 38.7 Å². The van der Waals surface area contributed by atoms with Gasteiger partial charge >= 0.3 is 30.3 Å². The van der Waals surface area contributed by atoms with Crippen LogP contribution in [0.3, 0.4) is 0 Å². The van der Waals surface area contributed by atoms with E-state index in [4.69, 9.17) is 29.4 Å². The van der Waals surface area contributed by atoms with E-state index in [1.54, 1.807) is 172 Å². The lowest BCUT2D eigenvalue weighted by Crippen LogP contribution is -2.58. The maximum atomic E-state index is 15.4. The van der Waals surface area contributed by atoms with Crippen molar-refractivity contribution in [2.24, 2.45) is 5.73 Å². The highest BCUT2D eigenvalue weighted by atomic mass is 16.6. The number of nitrogens with one attached hydrogen (secondary N) is 7. The average Bonchev–Trinajstić information content (AvgIpc) is 1.66. The van der Waals surface area contributed by atoms with Crippen molar-refractivity contribution in [3.8, 4) is 5.75 Å². The van der Waals surface area contributed by atoms with Gasteiger partial charge in [-0.25, -0.2) is 24.0 Å². The Balaban J connectivity index is 1.17. The highest BCUT2D eigenvalue weighted by Gasteiger charge is 2.45. The Morgan fingerprint density at radius 1 is 0.545 bits per heavy atom. The predicted octanol–water partition coefficient (Wildman–Crippen LogP) is 7.67.